The number of hydrogen-bond donors (Lipinski definition) is 1. The van der Waals surface area contributed by atoms with Gasteiger partial charge < -0.3 is 10.1 Å². The number of alkyl halides is 3. The van der Waals surface area contributed by atoms with Crippen LogP contribution in [-0.2, 0) is 11.0 Å². The third-order valence-corrected chi connectivity index (χ3v) is 4.57. The smallest absolute Gasteiger partial charge is 0.416 e. The highest BCUT2D eigenvalue weighted by molar-refractivity contribution is 6.35. The van der Waals surface area contributed by atoms with Gasteiger partial charge in [0.15, 0.2) is 0 Å². The van der Waals surface area contributed by atoms with Crippen LogP contribution < -0.4 is 10.1 Å². The van der Waals surface area contributed by atoms with Gasteiger partial charge in [-0.25, -0.2) is 0 Å². The molecule has 0 spiro atoms. The lowest BCUT2D eigenvalue weighted by Gasteiger charge is -2.09. The molecule has 0 radical (unpaired) electrons. The van der Waals surface area contributed by atoms with E-state index in [1.807, 2.05) is 30.3 Å². The van der Waals surface area contributed by atoms with Crippen molar-refractivity contribution in [2.24, 2.45) is 0 Å². The zero-order valence-corrected chi connectivity index (χ0v) is 14.2. The number of rotatable bonds is 2. The molecule has 3 aromatic rings. The summed E-state index contributed by atoms with van der Waals surface area (Å²) in [5.41, 5.74) is 0.933. The molecular weight excluding hydrogens is 355 g/mol. The molecule has 3 aromatic carbocycles. The van der Waals surface area contributed by atoms with E-state index in [2.05, 4.69) is 5.32 Å². The molecule has 0 aromatic heterocycles. The molecule has 1 N–H and O–H groups in total. The number of hydrogen-bond acceptors (Lipinski definition) is 2. The molecule has 0 fully saturated rings. The van der Waals surface area contributed by atoms with E-state index in [9.17, 15) is 18.0 Å². The van der Waals surface area contributed by atoms with Crippen LogP contribution >= 0.6 is 0 Å². The molecule has 0 unspecified atom stereocenters. The Morgan fingerprint density at radius 2 is 1.74 bits per heavy atom. The number of benzene rings is 3. The van der Waals surface area contributed by atoms with Crippen molar-refractivity contribution >= 4 is 34.0 Å². The van der Waals surface area contributed by atoms with Gasteiger partial charge in [-0.2, -0.15) is 13.2 Å². The predicted molar refractivity (Wildman–Crippen MR) is 98.4 cm³/mol. The Morgan fingerprint density at radius 1 is 1.00 bits per heavy atom. The maximum atomic E-state index is 12.9. The Morgan fingerprint density at radius 3 is 2.44 bits per heavy atom. The normalized spacial score (nSPS) is 15.1. The number of carbonyl (C=O) groups is 1. The highest BCUT2D eigenvalue weighted by Gasteiger charge is 2.33. The van der Waals surface area contributed by atoms with E-state index >= 15 is 0 Å². The largest absolute Gasteiger partial charge is 0.496 e. The van der Waals surface area contributed by atoms with Crippen LogP contribution in [0.2, 0.25) is 0 Å². The fourth-order valence-corrected chi connectivity index (χ4v) is 3.27. The molecule has 0 aliphatic carbocycles. The third kappa shape index (κ3) is 2.93. The van der Waals surface area contributed by atoms with Gasteiger partial charge in [-0.3, -0.25) is 4.79 Å². The summed E-state index contributed by atoms with van der Waals surface area (Å²) in [6.07, 6.45) is -2.77. The molecule has 1 aliphatic rings. The fourth-order valence-electron chi connectivity index (χ4n) is 3.27. The van der Waals surface area contributed by atoms with Crippen molar-refractivity contribution in [2.45, 2.75) is 6.18 Å². The molecule has 6 heteroatoms. The number of halogens is 3. The number of nitrogens with one attached hydrogen (secondary N) is 1. The molecule has 0 bridgehead atoms. The van der Waals surface area contributed by atoms with E-state index < -0.39 is 17.6 Å². The molecular formula is C21H14F3NO2. The fraction of sp³-hybridized carbons (Fsp3) is 0.0952. The van der Waals surface area contributed by atoms with E-state index in [0.29, 0.717) is 16.9 Å². The first-order valence-electron chi connectivity index (χ1n) is 8.19. The van der Waals surface area contributed by atoms with E-state index in [1.165, 1.54) is 6.07 Å². The van der Waals surface area contributed by atoms with Gasteiger partial charge >= 0.3 is 6.18 Å². The maximum absolute atomic E-state index is 12.9. The van der Waals surface area contributed by atoms with Crippen molar-refractivity contribution in [3.05, 3.63) is 71.3 Å². The van der Waals surface area contributed by atoms with Crippen molar-refractivity contribution in [3.63, 3.8) is 0 Å². The summed E-state index contributed by atoms with van der Waals surface area (Å²) in [6, 6.07) is 14.5. The van der Waals surface area contributed by atoms with Crippen LogP contribution in [0.3, 0.4) is 0 Å². The minimum atomic E-state index is -4.46. The number of amides is 1. The first-order valence-corrected chi connectivity index (χ1v) is 8.19. The SMILES string of the molecule is COc1ccc(/C=C2/C(=O)Nc3cc(C(F)(F)F)ccc32)c2ccccc12. The molecule has 4 rings (SSSR count). The van der Waals surface area contributed by atoms with Gasteiger partial charge in [-0.1, -0.05) is 36.4 Å². The van der Waals surface area contributed by atoms with Gasteiger partial charge in [0.25, 0.3) is 5.91 Å². The van der Waals surface area contributed by atoms with Gasteiger partial charge in [0.2, 0.25) is 0 Å². The van der Waals surface area contributed by atoms with Crippen LogP contribution in [0.15, 0.2) is 54.6 Å². The number of ether oxygens (including phenoxy) is 1. The lowest BCUT2D eigenvalue weighted by molar-refractivity contribution is -0.137. The summed E-state index contributed by atoms with van der Waals surface area (Å²) in [5.74, 6) is 0.281. The predicted octanol–water partition coefficient (Wildman–Crippen LogP) is 5.36. The number of fused-ring (bicyclic) bond motifs is 2. The van der Waals surface area contributed by atoms with Gasteiger partial charge in [0.1, 0.15) is 5.75 Å². The number of carbonyl (C=O) groups excluding carboxylic acids is 1. The minimum Gasteiger partial charge on any atom is -0.496 e. The first-order chi connectivity index (χ1) is 12.9. The van der Waals surface area contributed by atoms with E-state index in [-0.39, 0.29) is 5.69 Å². The molecule has 0 atom stereocenters. The van der Waals surface area contributed by atoms with Crippen molar-refractivity contribution in [1.29, 1.82) is 0 Å². The van der Waals surface area contributed by atoms with E-state index in [0.717, 1.165) is 28.5 Å². The van der Waals surface area contributed by atoms with Gasteiger partial charge in [0, 0.05) is 22.2 Å². The monoisotopic (exact) mass is 369 g/mol. The summed E-state index contributed by atoms with van der Waals surface area (Å²) >= 11 is 0. The topological polar surface area (TPSA) is 38.3 Å². The zero-order valence-electron chi connectivity index (χ0n) is 14.2. The molecule has 3 nitrogen and oxygen atoms in total. The Kier molecular flexibility index (Phi) is 3.91. The summed E-state index contributed by atoms with van der Waals surface area (Å²) in [4.78, 5) is 12.4. The highest BCUT2D eigenvalue weighted by Crippen LogP contribution is 2.39. The van der Waals surface area contributed by atoms with Crippen LogP contribution in [0.1, 0.15) is 16.7 Å². The zero-order chi connectivity index (χ0) is 19.2. The Balaban J connectivity index is 1.85. The second-order valence-electron chi connectivity index (χ2n) is 6.17. The highest BCUT2D eigenvalue weighted by atomic mass is 19.4. The Bertz CT molecular complexity index is 1100. The lowest BCUT2D eigenvalue weighted by Crippen LogP contribution is -2.06. The third-order valence-electron chi connectivity index (χ3n) is 4.57. The van der Waals surface area contributed by atoms with Crippen molar-refractivity contribution in [1.82, 2.24) is 0 Å². The maximum Gasteiger partial charge on any atom is 0.416 e. The van der Waals surface area contributed by atoms with Crippen LogP contribution in [-0.4, -0.2) is 13.0 Å². The molecule has 1 amide bonds. The lowest BCUT2D eigenvalue weighted by atomic mass is 9.98. The van der Waals surface area contributed by atoms with E-state index in [1.54, 1.807) is 19.3 Å². The molecule has 27 heavy (non-hydrogen) atoms. The van der Waals surface area contributed by atoms with Crippen LogP contribution in [0, 0.1) is 0 Å². The quantitative estimate of drug-likeness (QED) is 0.618. The Labute approximate surface area is 153 Å². The summed E-state index contributed by atoms with van der Waals surface area (Å²) < 4.78 is 44.1. The summed E-state index contributed by atoms with van der Waals surface area (Å²) in [5, 5.41) is 4.29. The van der Waals surface area contributed by atoms with Crippen molar-refractivity contribution in [3.8, 4) is 5.75 Å². The van der Waals surface area contributed by atoms with Gasteiger partial charge in [-0.15, -0.1) is 0 Å². The number of methoxy groups -OCH3 is 1. The molecule has 0 saturated heterocycles. The molecule has 1 heterocycles. The standard InChI is InChI=1S/C21H14F3NO2/c1-27-19-9-6-12(14-4-2-3-5-16(14)19)10-17-15-8-7-13(21(22,23)24)11-18(15)25-20(17)26/h2-11H,1H3,(H,25,26)/b17-10+. The second-order valence-corrected chi connectivity index (χ2v) is 6.17. The van der Waals surface area contributed by atoms with Crippen LogP contribution in [0.5, 0.6) is 5.75 Å². The van der Waals surface area contributed by atoms with Gasteiger partial charge in [0.05, 0.1) is 12.7 Å². The average molecular weight is 369 g/mol. The Hall–Kier alpha value is -3.28. The molecule has 136 valence electrons. The second kappa shape index (κ2) is 6.16. The number of anilines is 1. The van der Waals surface area contributed by atoms with Crippen LogP contribution in [0.4, 0.5) is 18.9 Å². The van der Waals surface area contributed by atoms with Crippen molar-refractivity contribution < 1.29 is 22.7 Å². The van der Waals surface area contributed by atoms with Crippen molar-refractivity contribution in [2.75, 3.05) is 12.4 Å². The van der Waals surface area contributed by atoms with Crippen LogP contribution in [0.25, 0.3) is 22.4 Å². The first kappa shape index (κ1) is 17.1. The van der Waals surface area contributed by atoms with Gasteiger partial charge in [-0.05, 0) is 35.2 Å². The minimum absolute atomic E-state index is 0.166. The summed E-state index contributed by atoms with van der Waals surface area (Å²) in [6.45, 7) is 0. The summed E-state index contributed by atoms with van der Waals surface area (Å²) in [7, 11) is 1.58. The average Bonchev–Trinajstić information content (AvgIpc) is 2.96. The molecule has 1 aliphatic heterocycles. The van der Waals surface area contributed by atoms with E-state index in [4.69, 9.17) is 4.74 Å². The molecule has 0 saturated carbocycles.